The fourth-order valence-electron chi connectivity index (χ4n) is 6.97. The summed E-state index contributed by atoms with van der Waals surface area (Å²) in [6.07, 6.45) is 1.09. The van der Waals surface area contributed by atoms with Gasteiger partial charge >= 0.3 is 5.97 Å². The molecule has 6 atom stereocenters. The Kier molecular flexibility index (Phi) is 5.88. The van der Waals surface area contributed by atoms with Crippen molar-refractivity contribution in [2.75, 3.05) is 13.6 Å². The first kappa shape index (κ1) is 25.1. The molecule has 2 aliphatic carbocycles. The van der Waals surface area contributed by atoms with Crippen LogP contribution >= 0.6 is 0 Å². The van der Waals surface area contributed by atoms with Gasteiger partial charge in [-0.05, 0) is 50.6 Å². The molecule has 38 heavy (non-hydrogen) atoms. The molecule has 2 aliphatic heterocycles. The van der Waals surface area contributed by atoms with Crippen molar-refractivity contribution in [2.45, 2.75) is 68.1 Å². The predicted octanol–water partition coefficient (Wildman–Crippen LogP) is 1.24. The minimum Gasteiger partial charge on any atom is -0.481 e. The SMILES string of the molecule is C[C@H](NC(=O)[C@@H](O)c1ccccc1)C(=O)OC1=CC[C@@]2(O)[C@H]3Cc4ccc(CO)c5c4[C@@]2(CCN3C)[C@H]1O5. The zero-order valence-electron chi connectivity index (χ0n) is 21.4. The van der Waals surface area contributed by atoms with Crippen LogP contribution in [-0.2, 0) is 32.8 Å². The lowest BCUT2D eigenvalue weighted by Gasteiger charge is -2.61. The molecule has 9 nitrogen and oxygen atoms in total. The number of esters is 1. The summed E-state index contributed by atoms with van der Waals surface area (Å²) >= 11 is 0. The maximum absolute atomic E-state index is 13.1. The molecule has 1 saturated heterocycles. The maximum atomic E-state index is 13.1. The number of likely N-dealkylation sites (tertiary alicyclic amines) is 1. The van der Waals surface area contributed by atoms with Gasteiger partial charge in [0.05, 0.1) is 17.6 Å². The number of aliphatic hydroxyl groups excluding tert-OH is 2. The number of nitrogens with zero attached hydrogens (tertiary/aromatic N) is 1. The number of piperidine rings is 1. The van der Waals surface area contributed by atoms with Crippen molar-refractivity contribution in [2.24, 2.45) is 0 Å². The fourth-order valence-corrected chi connectivity index (χ4v) is 6.97. The van der Waals surface area contributed by atoms with Crippen molar-refractivity contribution < 1.29 is 34.4 Å². The smallest absolute Gasteiger partial charge is 0.333 e. The molecular formula is C29H32N2O7. The highest BCUT2D eigenvalue weighted by atomic mass is 16.6. The first-order valence-electron chi connectivity index (χ1n) is 13.0. The summed E-state index contributed by atoms with van der Waals surface area (Å²) in [5.74, 6) is -0.555. The molecule has 200 valence electrons. The van der Waals surface area contributed by atoms with Crippen LogP contribution in [0.5, 0.6) is 5.75 Å². The second kappa shape index (κ2) is 8.91. The molecule has 4 aliphatic rings. The molecule has 2 heterocycles. The average Bonchev–Trinajstić information content (AvgIpc) is 3.28. The summed E-state index contributed by atoms with van der Waals surface area (Å²) < 4.78 is 12.3. The Hall–Kier alpha value is -3.24. The van der Waals surface area contributed by atoms with Gasteiger partial charge in [-0.15, -0.1) is 0 Å². The van der Waals surface area contributed by atoms with E-state index in [1.165, 1.54) is 6.92 Å². The number of carbonyl (C=O) groups is 2. The van der Waals surface area contributed by atoms with Crippen LogP contribution in [0.2, 0.25) is 0 Å². The van der Waals surface area contributed by atoms with E-state index in [1.807, 2.05) is 19.2 Å². The van der Waals surface area contributed by atoms with Crippen LogP contribution < -0.4 is 10.1 Å². The first-order chi connectivity index (χ1) is 18.2. The third kappa shape index (κ3) is 3.39. The lowest BCUT2D eigenvalue weighted by atomic mass is 9.50. The molecule has 2 bridgehead atoms. The highest BCUT2D eigenvalue weighted by molar-refractivity contribution is 5.87. The molecule has 6 rings (SSSR count). The van der Waals surface area contributed by atoms with Crippen molar-refractivity contribution in [1.82, 2.24) is 10.2 Å². The number of rotatable bonds is 6. The number of amides is 1. The zero-order valence-corrected chi connectivity index (χ0v) is 21.4. The molecule has 1 amide bonds. The van der Waals surface area contributed by atoms with E-state index in [0.717, 1.165) is 17.7 Å². The number of carbonyl (C=O) groups excluding carboxylic acids is 2. The van der Waals surface area contributed by atoms with Crippen LogP contribution in [0.15, 0.2) is 54.3 Å². The fraction of sp³-hybridized carbons (Fsp3) is 0.448. The molecule has 2 aromatic carbocycles. The Morgan fingerprint density at radius 3 is 2.74 bits per heavy atom. The highest BCUT2D eigenvalue weighted by Crippen LogP contribution is 2.64. The predicted molar refractivity (Wildman–Crippen MR) is 136 cm³/mol. The van der Waals surface area contributed by atoms with E-state index in [4.69, 9.17) is 9.47 Å². The van der Waals surface area contributed by atoms with E-state index in [-0.39, 0.29) is 19.1 Å². The number of ether oxygens (including phenoxy) is 2. The van der Waals surface area contributed by atoms with Gasteiger partial charge in [0.15, 0.2) is 12.2 Å². The molecule has 1 fully saturated rings. The third-order valence-electron chi connectivity index (χ3n) is 8.92. The molecule has 2 aromatic rings. The van der Waals surface area contributed by atoms with E-state index in [1.54, 1.807) is 36.4 Å². The van der Waals surface area contributed by atoms with Gasteiger partial charge in [0.2, 0.25) is 0 Å². The number of hydrogen-bond acceptors (Lipinski definition) is 8. The van der Waals surface area contributed by atoms with Crippen molar-refractivity contribution in [1.29, 1.82) is 0 Å². The van der Waals surface area contributed by atoms with Gasteiger partial charge in [-0.3, -0.25) is 4.79 Å². The minimum atomic E-state index is -1.42. The molecule has 0 radical (unpaired) electrons. The molecule has 9 heteroatoms. The lowest BCUT2D eigenvalue weighted by molar-refractivity contribution is -0.170. The summed E-state index contributed by atoms with van der Waals surface area (Å²) in [5.41, 5.74) is 1.08. The largest absolute Gasteiger partial charge is 0.481 e. The summed E-state index contributed by atoms with van der Waals surface area (Å²) in [4.78, 5) is 27.9. The number of hydrogen-bond donors (Lipinski definition) is 4. The van der Waals surface area contributed by atoms with E-state index in [9.17, 15) is 24.9 Å². The summed E-state index contributed by atoms with van der Waals surface area (Å²) in [6.45, 7) is 2.02. The Balaban J connectivity index is 1.28. The lowest BCUT2D eigenvalue weighted by Crippen LogP contribution is -2.74. The van der Waals surface area contributed by atoms with Gasteiger partial charge in [0.25, 0.3) is 5.91 Å². The van der Waals surface area contributed by atoms with Gasteiger partial charge in [-0.25, -0.2) is 4.79 Å². The first-order valence-corrected chi connectivity index (χ1v) is 13.0. The van der Waals surface area contributed by atoms with Crippen LogP contribution in [0.1, 0.15) is 48.1 Å². The molecule has 0 saturated carbocycles. The van der Waals surface area contributed by atoms with Gasteiger partial charge in [0.1, 0.15) is 17.6 Å². The third-order valence-corrected chi connectivity index (χ3v) is 8.92. The molecular weight excluding hydrogens is 488 g/mol. The van der Waals surface area contributed by atoms with Crippen LogP contribution in [0.4, 0.5) is 0 Å². The molecule has 4 N–H and O–H groups in total. The van der Waals surface area contributed by atoms with E-state index >= 15 is 0 Å². The number of aliphatic hydroxyl groups is 3. The van der Waals surface area contributed by atoms with Crippen molar-refractivity contribution in [3.8, 4) is 5.75 Å². The topological polar surface area (TPSA) is 129 Å². The van der Waals surface area contributed by atoms with Crippen molar-refractivity contribution >= 4 is 11.9 Å². The van der Waals surface area contributed by atoms with Gasteiger partial charge in [0, 0.05) is 23.6 Å². The number of benzene rings is 2. The second-order valence-electron chi connectivity index (χ2n) is 10.9. The van der Waals surface area contributed by atoms with Crippen LogP contribution in [0.25, 0.3) is 0 Å². The van der Waals surface area contributed by atoms with Gasteiger partial charge in [-0.1, -0.05) is 42.5 Å². The summed E-state index contributed by atoms with van der Waals surface area (Å²) in [7, 11) is 2.02. The van der Waals surface area contributed by atoms with Crippen molar-refractivity contribution in [3.05, 3.63) is 76.6 Å². The number of likely N-dealkylation sites (N-methyl/N-ethyl adjacent to an activating group) is 1. The number of nitrogens with one attached hydrogen (secondary N) is 1. The molecule has 0 aromatic heterocycles. The summed E-state index contributed by atoms with van der Waals surface area (Å²) in [5, 5.41) is 35.2. The van der Waals surface area contributed by atoms with E-state index < -0.39 is 41.1 Å². The Morgan fingerprint density at radius 1 is 1.24 bits per heavy atom. The Bertz CT molecular complexity index is 1330. The Labute approximate surface area is 220 Å². The highest BCUT2D eigenvalue weighted by Gasteiger charge is 2.71. The van der Waals surface area contributed by atoms with E-state index in [0.29, 0.717) is 35.5 Å². The van der Waals surface area contributed by atoms with Gasteiger partial charge in [-0.2, -0.15) is 0 Å². The van der Waals surface area contributed by atoms with Crippen LogP contribution in [0, 0.1) is 0 Å². The quantitative estimate of drug-likeness (QED) is 0.419. The Morgan fingerprint density at radius 2 is 2.00 bits per heavy atom. The van der Waals surface area contributed by atoms with Crippen molar-refractivity contribution in [3.63, 3.8) is 0 Å². The summed E-state index contributed by atoms with van der Waals surface area (Å²) in [6, 6.07) is 11.2. The van der Waals surface area contributed by atoms with Gasteiger partial charge < -0.3 is 35.0 Å². The molecule has 1 spiro atoms. The van der Waals surface area contributed by atoms with E-state index in [2.05, 4.69) is 10.2 Å². The second-order valence-corrected chi connectivity index (χ2v) is 10.9. The normalized spacial score (nSPS) is 30.4. The monoisotopic (exact) mass is 520 g/mol. The minimum absolute atomic E-state index is 0.132. The van der Waals surface area contributed by atoms with Crippen LogP contribution in [0.3, 0.4) is 0 Å². The average molecular weight is 521 g/mol. The van der Waals surface area contributed by atoms with Crippen LogP contribution in [-0.4, -0.2) is 69.5 Å². The maximum Gasteiger partial charge on any atom is 0.333 e. The molecule has 0 unspecified atom stereocenters. The zero-order chi connectivity index (χ0) is 26.8. The standard InChI is InChI=1S/C29H32N2O7/c1-16(30-26(34)23(33)17-6-4-3-5-7-17)27(35)37-20-10-11-29(36)21-14-18-8-9-19(15-32)24-22(18)28(29,25(20)38-24)12-13-31(21)2/h3-10,16,21,23,25,32-33,36H,11-15H2,1-2H3,(H,30,34)/t16-,21+,23-,25-,28-,29+/m0/s1.